The Labute approximate surface area is 133 Å². The van der Waals surface area contributed by atoms with E-state index in [0.717, 1.165) is 18.8 Å². The zero-order chi connectivity index (χ0) is 15.4. The number of anilines is 1. The summed E-state index contributed by atoms with van der Waals surface area (Å²) in [5.74, 6) is -0.193. The fraction of sp³-hybridized carbons (Fsp3) is 0.250. The first-order valence-electron chi connectivity index (χ1n) is 7.07. The molecule has 0 aliphatic carbocycles. The number of ether oxygens (including phenoxy) is 1. The molecule has 1 aliphatic heterocycles. The molecule has 1 aliphatic rings. The Bertz CT molecular complexity index is 637. The van der Waals surface area contributed by atoms with Crippen LogP contribution in [0.3, 0.4) is 0 Å². The van der Waals surface area contributed by atoms with Crippen molar-refractivity contribution in [1.82, 2.24) is 10.3 Å². The van der Waals surface area contributed by atoms with Gasteiger partial charge in [-0.1, -0.05) is 11.6 Å². The molecule has 1 aromatic carbocycles. The van der Waals surface area contributed by atoms with Gasteiger partial charge in [-0.25, -0.2) is 0 Å². The number of amides is 1. The second-order valence-electron chi connectivity index (χ2n) is 5.00. The smallest absolute Gasteiger partial charge is 0.255 e. The van der Waals surface area contributed by atoms with Gasteiger partial charge in [-0.15, -0.1) is 0 Å². The summed E-state index contributed by atoms with van der Waals surface area (Å²) < 4.78 is 5.64. The molecule has 2 N–H and O–H groups in total. The van der Waals surface area contributed by atoms with Crippen molar-refractivity contribution in [2.24, 2.45) is 0 Å². The third kappa shape index (κ3) is 3.62. The number of pyridine rings is 1. The summed E-state index contributed by atoms with van der Waals surface area (Å²) >= 11 is 5.81. The van der Waals surface area contributed by atoms with Gasteiger partial charge in [0.15, 0.2) is 0 Å². The molecule has 6 heteroatoms. The molecule has 0 saturated carbocycles. The lowest BCUT2D eigenvalue weighted by atomic mass is 10.2. The second-order valence-corrected chi connectivity index (χ2v) is 5.43. The lowest BCUT2D eigenvalue weighted by molar-refractivity contribution is 0.0250. The van der Waals surface area contributed by atoms with Crippen LogP contribution >= 0.6 is 11.6 Å². The number of hydrogen-bond donors (Lipinski definition) is 2. The highest BCUT2D eigenvalue weighted by Gasteiger charge is 2.16. The van der Waals surface area contributed by atoms with Gasteiger partial charge in [0.1, 0.15) is 6.10 Å². The molecule has 3 rings (SSSR count). The van der Waals surface area contributed by atoms with Crippen LogP contribution in [0, 0.1) is 0 Å². The Kier molecular flexibility index (Phi) is 4.68. The zero-order valence-electron chi connectivity index (χ0n) is 11.9. The number of aromatic nitrogens is 1. The van der Waals surface area contributed by atoms with Gasteiger partial charge in [0.25, 0.3) is 5.91 Å². The Morgan fingerprint density at radius 2 is 2.09 bits per heavy atom. The fourth-order valence-electron chi connectivity index (χ4n) is 2.23. The number of benzene rings is 1. The fourth-order valence-corrected chi connectivity index (χ4v) is 2.36. The molecular formula is C16H16ClN3O2. The van der Waals surface area contributed by atoms with Crippen LogP contribution in [-0.2, 0) is 4.74 Å². The van der Waals surface area contributed by atoms with Gasteiger partial charge in [0, 0.05) is 23.7 Å². The molecule has 0 spiro atoms. The molecule has 0 radical (unpaired) electrons. The van der Waals surface area contributed by atoms with Crippen molar-refractivity contribution in [3.63, 3.8) is 0 Å². The first-order chi connectivity index (χ1) is 10.7. The van der Waals surface area contributed by atoms with E-state index in [0.29, 0.717) is 22.9 Å². The predicted molar refractivity (Wildman–Crippen MR) is 85.2 cm³/mol. The van der Waals surface area contributed by atoms with Crippen molar-refractivity contribution in [3.05, 3.63) is 58.9 Å². The van der Waals surface area contributed by atoms with Crippen molar-refractivity contribution < 1.29 is 9.53 Å². The van der Waals surface area contributed by atoms with Gasteiger partial charge in [-0.05, 0) is 36.4 Å². The van der Waals surface area contributed by atoms with Crippen LogP contribution < -0.4 is 10.6 Å². The summed E-state index contributed by atoms with van der Waals surface area (Å²) in [6, 6.07) is 10.4. The number of carbonyl (C=O) groups excluding carboxylic acids is 1. The summed E-state index contributed by atoms with van der Waals surface area (Å²) in [5.41, 5.74) is 2.05. The third-order valence-corrected chi connectivity index (χ3v) is 3.66. The molecule has 2 heterocycles. The lowest BCUT2D eigenvalue weighted by Gasteiger charge is -2.23. The van der Waals surface area contributed by atoms with Crippen LogP contribution in [0.5, 0.6) is 0 Å². The van der Waals surface area contributed by atoms with Crippen molar-refractivity contribution in [2.45, 2.75) is 6.10 Å². The maximum absolute atomic E-state index is 12.1. The van der Waals surface area contributed by atoms with Gasteiger partial charge in [-0.3, -0.25) is 9.78 Å². The SMILES string of the molecule is O=C(Nc1ccc([C@H]2CNCCO2)nc1)c1ccc(Cl)cc1. The summed E-state index contributed by atoms with van der Waals surface area (Å²) in [5, 5.41) is 6.67. The quantitative estimate of drug-likeness (QED) is 0.913. The van der Waals surface area contributed by atoms with Gasteiger partial charge >= 0.3 is 0 Å². The second kappa shape index (κ2) is 6.87. The van der Waals surface area contributed by atoms with E-state index >= 15 is 0 Å². The molecular weight excluding hydrogens is 302 g/mol. The van der Waals surface area contributed by atoms with E-state index in [9.17, 15) is 4.79 Å². The minimum absolute atomic E-state index is 0.0326. The predicted octanol–water partition coefficient (Wildman–Crippen LogP) is 2.65. The topological polar surface area (TPSA) is 63.2 Å². The van der Waals surface area contributed by atoms with E-state index in [-0.39, 0.29) is 12.0 Å². The molecule has 1 saturated heterocycles. The summed E-state index contributed by atoms with van der Waals surface area (Å²) in [4.78, 5) is 16.5. The molecule has 1 atom stereocenters. The number of nitrogens with one attached hydrogen (secondary N) is 2. The maximum Gasteiger partial charge on any atom is 0.255 e. The number of rotatable bonds is 3. The number of carbonyl (C=O) groups is 1. The van der Waals surface area contributed by atoms with Crippen LogP contribution in [0.4, 0.5) is 5.69 Å². The number of nitrogens with zero attached hydrogens (tertiary/aromatic N) is 1. The van der Waals surface area contributed by atoms with Crippen LogP contribution in [0.2, 0.25) is 5.02 Å². The minimum Gasteiger partial charge on any atom is -0.369 e. The third-order valence-electron chi connectivity index (χ3n) is 3.41. The van der Waals surface area contributed by atoms with Crippen LogP contribution in [0.1, 0.15) is 22.2 Å². The van der Waals surface area contributed by atoms with E-state index in [2.05, 4.69) is 15.6 Å². The highest BCUT2D eigenvalue weighted by Crippen LogP contribution is 2.18. The molecule has 1 fully saturated rings. The van der Waals surface area contributed by atoms with Crippen LogP contribution in [0.15, 0.2) is 42.6 Å². The molecule has 2 aromatic rings. The number of morpholine rings is 1. The van der Waals surface area contributed by atoms with E-state index in [1.165, 1.54) is 0 Å². The van der Waals surface area contributed by atoms with Crippen molar-refractivity contribution in [1.29, 1.82) is 0 Å². The highest BCUT2D eigenvalue weighted by molar-refractivity contribution is 6.30. The van der Waals surface area contributed by atoms with E-state index in [1.807, 2.05) is 12.1 Å². The van der Waals surface area contributed by atoms with E-state index < -0.39 is 0 Å². The molecule has 114 valence electrons. The van der Waals surface area contributed by atoms with Gasteiger partial charge in [0.05, 0.1) is 24.2 Å². The van der Waals surface area contributed by atoms with E-state index in [4.69, 9.17) is 16.3 Å². The maximum atomic E-state index is 12.1. The standard InChI is InChI=1S/C16H16ClN3O2/c17-12-3-1-11(2-4-12)16(21)20-13-5-6-14(19-9-13)15-10-18-7-8-22-15/h1-6,9,15,18H,7-8,10H2,(H,20,21)/t15-/m1/s1. The van der Waals surface area contributed by atoms with Crippen molar-refractivity contribution >= 4 is 23.2 Å². The van der Waals surface area contributed by atoms with Crippen LogP contribution in [-0.4, -0.2) is 30.6 Å². The molecule has 5 nitrogen and oxygen atoms in total. The molecule has 1 amide bonds. The van der Waals surface area contributed by atoms with E-state index in [1.54, 1.807) is 30.5 Å². The summed E-state index contributed by atoms with van der Waals surface area (Å²) in [7, 11) is 0. The monoisotopic (exact) mass is 317 g/mol. The van der Waals surface area contributed by atoms with Crippen molar-refractivity contribution in [3.8, 4) is 0 Å². The molecule has 1 aromatic heterocycles. The Balaban J connectivity index is 1.65. The number of hydrogen-bond acceptors (Lipinski definition) is 4. The highest BCUT2D eigenvalue weighted by atomic mass is 35.5. The largest absolute Gasteiger partial charge is 0.369 e. The Morgan fingerprint density at radius 1 is 1.27 bits per heavy atom. The first-order valence-corrected chi connectivity index (χ1v) is 7.45. The Hall–Kier alpha value is -1.95. The summed E-state index contributed by atoms with van der Waals surface area (Å²) in [6.45, 7) is 2.30. The van der Waals surface area contributed by atoms with Gasteiger partial charge in [0.2, 0.25) is 0 Å². The number of halogens is 1. The van der Waals surface area contributed by atoms with Crippen LogP contribution in [0.25, 0.3) is 0 Å². The van der Waals surface area contributed by atoms with Gasteiger partial charge in [-0.2, -0.15) is 0 Å². The first kappa shape index (κ1) is 15.0. The molecule has 0 unspecified atom stereocenters. The van der Waals surface area contributed by atoms with Crippen molar-refractivity contribution in [2.75, 3.05) is 25.0 Å². The molecule has 0 bridgehead atoms. The van der Waals surface area contributed by atoms with Gasteiger partial charge < -0.3 is 15.4 Å². The molecule has 22 heavy (non-hydrogen) atoms. The zero-order valence-corrected chi connectivity index (χ0v) is 12.6. The average molecular weight is 318 g/mol. The summed E-state index contributed by atoms with van der Waals surface area (Å²) in [6.07, 6.45) is 1.61. The average Bonchev–Trinajstić information content (AvgIpc) is 2.57. The lowest BCUT2D eigenvalue weighted by Crippen LogP contribution is -2.33. The minimum atomic E-state index is -0.193. The Morgan fingerprint density at radius 3 is 2.73 bits per heavy atom. The normalized spacial score (nSPS) is 18.0.